The van der Waals surface area contributed by atoms with Crippen LogP contribution in [0.2, 0.25) is 0 Å². The first-order valence-electron chi connectivity index (χ1n) is 6.37. The second-order valence-corrected chi connectivity index (χ2v) is 6.69. The Balaban J connectivity index is 1.70. The van der Waals surface area contributed by atoms with E-state index in [4.69, 9.17) is 0 Å². The molecular formula is C13H26N2. The van der Waals surface area contributed by atoms with Gasteiger partial charge in [-0.1, -0.05) is 13.8 Å². The van der Waals surface area contributed by atoms with E-state index in [0.29, 0.717) is 5.54 Å². The predicted octanol–water partition coefficient (Wildman–Crippen LogP) is 2.06. The van der Waals surface area contributed by atoms with Gasteiger partial charge in [-0.2, -0.15) is 0 Å². The van der Waals surface area contributed by atoms with Crippen LogP contribution in [-0.2, 0) is 0 Å². The second kappa shape index (κ2) is 3.74. The highest BCUT2D eigenvalue weighted by Gasteiger charge is 2.42. The second-order valence-electron chi connectivity index (χ2n) is 6.69. The fourth-order valence-corrected chi connectivity index (χ4v) is 2.50. The zero-order valence-corrected chi connectivity index (χ0v) is 11.0. The van der Waals surface area contributed by atoms with Gasteiger partial charge < -0.3 is 0 Å². The van der Waals surface area contributed by atoms with E-state index in [1.165, 1.54) is 26.2 Å². The van der Waals surface area contributed by atoms with Gasteiger partial charge in [0.15, 0.2) is 0 Å². The Morgan fingerprint density at radius 3 is 1.93 bits per heavy atom. The van der Waals surface area contributed by atoms with Crippen LogP contribution < -0.4 is 0 Å². The first kappa shape index (κ1) is 11.4. The topological polar surface area (TPSA) is 6.48 Å². The van der Waals surface area contributed by atoms with Gasteiger partial charge >= 0.3 is 0 Å². The smallest absolute Gasteiger partial charge is 0.0351 e. The number of rotatable bonds is 2. The highest BCUT2D eigenvalue weighted by molar-refractivity contribution is 4.98. The number of hydrogen-bond donors (Lipinski definition) is 0. The van der Waals surface area contributed by atoms with E-state index in [1.807, 2.05) is 0 Å². The molecule has 0 amide bonds. The molecule has 2 nitrogen and oxygen atoms in total. The van der Waals surface area contributed by atoms with Crippen molar-refractivity contribution in [3.8, 4) is 0 Å². The van der Waals surface area contributed by atoms with Gasteiger partial charge in [0.2, 0.25) is 0 Å². The molecule has 0 N–H and O–H groups in total. The number of hydrogen-bond acceptors (Lipinski definition) is 2. The molecule has 0 bridgehead atoms. The number of nitrogens with zero attached hydrogens (tertiary/aromatic N) is 2. The highest BCUT2D eigenvalue weighted by atomic mass is 15.4. The maximum Gasteiger partial charge on any atom is 0.0351 e. The fraction of sp³-hybridized carbons (Fsp3) is 1.00. The van der Waals surface area contributed by atoms with Crippen LogP contribution in [0.5, 0.6) is 0 Å². The molecule has 0 atom stereocenters. The van der Waals surface area contributed by atoms with Crippen LogP contribution in [0.15, 0.2) is 0 Å². The van der Waals surface area contributed by atoms with Crippen LogP contribution in [-0.4, -0.2) is 47.6 Å². The van der Waals surface area contributed by atoms with Gasteiger partial charge in [0, 0.05) is 37.8 Å². The van der Waals surface area contributed by atoms with Crippen molar-refractivity contribution in [1.82, 2.24) is 9.80 Å². The minimum absolute atomic E-state index is 0.374. The summed E-state index contributed by atoms with van der Waals surface area (Å²) in [4.78, 5) is 5.26. The summed E-state index contributed by atoms with van der Waals surface area (Å²) in [6, 6.07) is 0.860. The Labute approximate surface area is 94.6 Å². The molecule has 2 heterocycles. The first-order chi connectivity index (χ1) is 6.88. The fourth-order valence-electron chi connectivity index (χ4n) is 2.50. The molecule has 0 aromatic carbocycles. The zero-order chi connectivity index (χ0) is 11.2. The van der Waals surface area contributed by atoms with Gasteiger partial charge in [-0.15, -0.1) is 0 Å². The van der Waals surface area contributed by atoms with E-state index in [9.17, 15) is 0 Å². The standard InChI is InChI=1S/C13H26N2/c1-10(2)11-6-14(7-11)12-8-15(9-12)13(3,4)5/h10-12H,6-9H2,1-5H3. The zero-order valence-electron chi connectivity index (χ0n) is 11.0. The van der Waals surface area contributed by atoms with Crippen LogP contribution >= 0.6 is 0 Å². The van der Waals surface area contributed by atoms with Crippen molar-refractivity contribution in [2.24, 2.45) is 11.8 Å². The molecule has 0 radical (unpaired) electrons. The molecular weight excluding hydrogens is 184 g/mol. The maximum absolute atomic E-state index is 2.67. The van der Waals surface area contributed by atoms with Gasteiger partial charge in [0.25, 0.3) is 0 Å². The summed E-state index contributed by atoms with van der Waals surface area (Å²) in [5, 5.41) is 0. The van der Waals surface area contributed by atoms with Gasteiger partial charge in [0.1, 0.15) is 0 Å². The predicted molar refractivity (Wildman–Crippen MR) is 65.0 cm³/mol. The van der Waals surface area contributed by atoms with Gasteiger partial charge in [0.05, 0.1) is 0 Å². The Kier molecular flexibility index (Phi) is 2.85. The molecule has 2 rings (SSSR count). The lowest BCUT2D eigenvalue weighted by molar-refractivity contribution is -0.0724. The molecule has 0 saturated carbocycles. The lowest BCUT2D eigenvalue weighted by Crippen LogP contribution is -2.68. The number of likely N-dealkylation sites (tertiary alicyclic amines) is 2. The summed E-state index contributed by atoms with van der Waals surface area (Å²) in [5.74, 6) is 1.84. The molecule has 2 fully saturated rings. The summed E-state index contributed by atoms with van der Waals surface area (Å²) in [6.45, 7) is 16.9. The molecule has 2 saturated heterocycles. The Bertz CT molecular complexity index is 217. The lowest BCUT2D eigenvalue weighted by atomic mass is 9.85. The molecule has 2 heteroatoms. The van der Waals surface area contributed by atoms with Crippen LogP contribution in [0.3, 0.4) is 0 Å². The van der Waals surface area contributed by atoms with Crippen LogP contribution in [0.25, 0.3) is 0 Å². The van der Waals surface area contributed by atoms with Crippen LogP contribution in [0.1, 0.15) is 34.6 Å². The molecule has 0 aromatic rings. The monoisotopic (exact) mass is 210 g/mol. The Hall–Kier alpha value is -0.0800. The quantitative estimate of drug-likeness (QED) is 0.688. The third kappa shape index (κ3) is 2.21. The van der Waals surface area contributed by atoms with E-state index < -0.39 is 0 Å². The van der Waals surface area contributed by atoms with Crippen molar-refractivity contribution in [3.63, 3.8) is 0 Å². The van der Waals surface area contributed by atoms with E-state index in [2.05, 4.69) is 44.4 Å². The summed E-state index contributed by atoms with van der Waals surface area (Å²) in [6.07, 6.45) is 0. The average Bonchev–Trinajstić information content (AvgIpc) is 1.86. The van der Waals surface area contributed by atoms with Gasteiger partial charge in [-0.05, 0) is 32.6 Å². The van der Waals surface area contributed by atoms with Crippen molar-refractivity contribution in [2.75, 3.05) is 26.2 Å². The first-order valence-corrected chi connectivity index (χ1v) is 6.37. The van der Waals surface area contributed by atoms with Crippen molar-refractivity contribution in [2.45, 2.75) is 46.2 Å². The molecule has 0 unspecified atom stereocenters. The minimum atomic E-state index is 0.374. The molecule has 88 valence electrons. The Morgan fingerprint density at radius 1 is 1.00 bits per heavy atom. The van der Waals surface area contributed by atoms with E-state index in [1.54, 1.807) is 0 Å². The average molecular weight is 210 g/mol. The largest absolute Gasteiger partial charge is 0.297 e. The summed E-state index contributed by atoms with van der Waals surface area (Å²) < 4.78 is 0. The summed E-state index contributed by atoms with van der Waals surface area (Å²) >= 11 is 0. The summed E-state index contributed by atoms with van der Waals surface area (Å²) in [5.41, 5.74) is 0.374. The molecule has 0 aliphatic carbocycles. The Morgan fingerprint density at radius 2 is 1.53 bits per heavy atom. The van der Waals surface area contributed by atoms with Crippen molar-refractivity contribution < 1.29 is 0 Å². The molecule has 0 aromatic heterocycles. The van der Waals surface area contributed by atoms with Crippen LogP contribution in [0, 0.1) is 11.8 Å². The third-order valence-electron chi connectivity index (χ3n) is 4.21. The normalized spacial score (nSPS) is 26.8. The van der Waals surface area contributed by atoms with Crippen molar-refractivity contribution >= 4 is 0 Å². The van der Waals surface area contributed by atoms with Gasteiger partial charge in [-0.3, -0.25) is 9.80 Å². The summed E-state index contributed by atoms with van der Waals surface area (Å²) in [7, 11) is 0. The van der Waals surface area contributed by atoms with Crippen molar-refractivity contribution in [3.05, 3.63) is 0 Å². The molecule has 2 aliphatic rings. The van der Waals surface area contributed by atoms with Crippen LogP contribution in [0.4, 0.5) is 0 Å². The van der Waals surface area contributed by atoms with E-state index in [-0.39, 0.29) is 0 Å². The minimum Gasteiger partial charge on any atom is -0.297 e. The highest BCUT2D eigenvalue weighted by Crippen LogP contribution is 2.31. The lowest BCUT2D eigenvalue weighted by Gasteiger charge is -2.56. The van der Waals surface area contributed by atoms with Gasteiger partial charge in [-0.25, -0.2) is 0 Å². The van der Waals surface area contributed by atoms with E-state index in [0.717, 1.165) is 17.9 Å². The van der Waals surface area contributed by atoms with Crippen molar-refractivity contribution in [1.29, 1.82) is 0 Å². The van der Waals surface area contributed by atoms with E-state index >= 15 is 0 Å². The maximum atomic E-state index is 2.67. The SMILES string of the molecule is CC(C)C1CN(C2CN(C(C)(C)C)C2)C1. The molecule has 0 spiro atoms. The molecule has 15 heavy (non-hydrogen) atoms. The third-order valence-corrected chi connectivity index (χ3v) is 4.21. The molecule has 2 aliphatic heterocycles.